The van der Waals surface area contributed by atoms with E-state index in [1.165, 1.54) is 24.3 Å². The van der Waals surface area contributed by atoms with E-state index in [0.717, 1.165) is 19.3 Å². The number of phenolic OH excluding ortho intramolecular Hbond substituents is 1. The maximum atomic E-state index is 12.1. The molecule has 1 aliphatic heterocycles. The zero-order valence-corrected chi connectivity index (χ0v) is 15.8. The van der Waals surface area contributed by atoms with Crippen molar-refractivity contribution in [2.24, 2.45) is 5.16 Å². The fourth-order valence-electron chi connectivity index (χ4n) is 2.80. The number of nitro benzene ring substituents is 1. The number of hydrogen-bond acceptors (Lipinski definition) is 7. The van der Waals surface area contributed by atoms with Gasteiger partial charge in [0, 0.05) is 23.3 Å². The molecule has 0 aliphatic carbocycles. The van der Waals surface area contributed by atoms with Crippen LogP contribution in [0.5, 0.6) is 11.5 Å². The summed E-state index contributed by atoms with van der Waals surface area (Å²) in [7, 11) is 0. The Kier molecular flexibility index (Phi) is 6.23. The van der Waals surface area contributed by atoms with Crippen molar-refractivity contribution in [3.05, 3.63) is 69.3 Å². The number of aromatic hydroxyl groups is 1. The highest BCUT2D eigenvalue weighted by molar-refractivity contribution is 6.31. The number of benzene rings is 2. The SMILES string of the molecule is CCCCCOc1ccc(C2=NOC(=O)/C2=C\c2cc([N+](=O)[O-])ccc2O)cc1. The zero-order chi connectivity index (χ0) is 20.8. The lowest BCUT2D eigenvalue weighted by Gasteiger charge is -2.07. The number of phenols is 1. The van der Waals surface area contributed by atoms with Crippen molar-refractivity contribution in [2.75, 3.05) is 6.61 Å². The molecule has 1 N–H and O–H groups in total. The average molecular weight is 396 g/mol. The van der Waals surface area contributed by atoms with Crippen molar-refractivity contribution in [1.29, 1.82) is 0 Å². The Labute approximate surface area is 167 Å². The average Bonchev–Trinajstić information content (AvgIpc) is 3.07. The third-order valence-electron chi connectivity index (χ3n) is 4.36. The fraction of sp³-hybridized carbons (Fsp3) is 0.238. The van der Waals surface area contributed by atoms with Crippen LogP contribution in [0, 0.1) is 10.1 Å². The lowest BCUT2D eigenvalue weighted by atomic mass is 10.00. The number of nitro groups is 1. The van der Waals surface area contributed by atoms with Gasteiger partial charge in [0.05, 0.1) is 17.1 Å². The number of carbonyl (C=O) groups excluding carboxylic acids is 1. The fourth-order valence-corrected chi connectivity index (χ4v) is 2.80. The van der Waals surface area contributed by atoms with Crippen molar-refractivity contribution < 1.29 is 24.4 Å². The van der Waals surface area contributed by atoms with Gasteiger partial charge in [-0.1, -0.05) is 24.9 Å². The molecule has 0 aromatic heterocycles. The third kappa shape index (κ3) is 4.78. The number of carbonyl (C=O) groups is 1. The van der Waals surface area contributed by atoms with Crippen LogP contribution in [0.1, 0.15) is 37.3 Å². The molecule has 1 heterocycles. The van der Waals surface area contributed by atoms with E-state index in [4.69, 9.17) is 9.57 Å². The second-order valence-electron chi connectivity index (χ2n) is 6.46. The molecule has 0 fully saturated rings. The molecular weight excluding hydrogens is 376 g/mol. The summed E-state index contributed by atoms with van der Waals surface area (Å²) >= 11 is 0. The molecule has 0 spiro atoms. The molecule has 3 rings (SSSR count). The molecule has 8 nitrogen and oxygen atoms in total. The molecule has 0 saturated heterocycles. The van der Waals surface area contributed by atoms with Gasteiger partial charge in [-0.05, 0) is 42.8 Å². The van der Waals surface area contributed by atoms with Crippen LogP contribution in [-0.4, -0.2) is 28.3 Å². The van der Waals surface area contributed by atoms with Crippen molar-refractivity contribution in [3.8, 4) is 11.5 Å². The van der Waals surface area contributed by atoms with Gasteiger partial charge in [0.25, 0.3) is 5.69 Å². The first-order chi connectivity index (χ1) is 14.0. The van der Waals surface area contributed by atoms with Gasteiger partial charge < -0.3 is 14.7 Å². The number of oxime groups is 1. The van der Waals surface area contributed by atoms with Crippen LogP contribution in [0.15, 0.2) is 53.2 Å². The predicted octanol–water partition coefficient (Wildman–Crippen LogP) is 4.21. The zero-order valence-electron chi connectivity index (χ0n) is 15.8. The van der Waals surface area contributed by atoms with Gasteiger partial charge in [-0.3, -0.25) is 10.1 Å². The van der Waals surface area contributed by atoms with Gasteiger partial charge in [-0.15, -0.1) is 0 Å². The van der Waals surface area contributed by atoms with Gasteiger partial charge in [0.2, 0.25) is 0 Å². The summed E-state index contributed by atoms with van der Waals surface area (Å²) in [6.07, 6.45) is 4.52. The van der Waals surface area contributed by atoms with Gasteiger partial charge in [-0.25, -0.2) is 4.79 Å². The van der Waals surface area contributed by atoms with E-state index in [1.807, 2.05) is 0 Å². The first-order valence-electron chi connectivity index (χ1n) is 9.21. The first-order valence-corrected chi connectivity index (χ1v) is 9.21. The molecule has 0 amide bonds. The summed E-state index contributed by atoms with van der Waals surface area (Å²) in [5, 5.41) is 24.8. The Hall–Kier alpha value is -3.68. The number of unbranched alkanes of at least 4 members (excludes halogenated alkanes) is 2. The quantitative estimate of drug-likeness (QED) is 0.235. The number of nitrogens with zero attached hydrogens (tertiary/aromatic N) is 2. The van der Waals surface area contributed by atoms with Crippen LogP contribution < -0.4 is 4.74 Å². The number of rotatable bonds is 8. The summed E-state index contributed by atoms with van der Waals surface area (Å²) in [5.74, 6) is -0.193. The smallest absolute Gasteiger partial charge is 0.368 e. The second-order valence-corrected chi connectivity index (χ2v) is 6.46. The Bertz CT molecular complexity index is 979. The molecular formula is C21H20N2O6. The van der Waals surface area contributed by atoms with Gasteiger partial charge in [0.15, 0.2) is 0 Å². The molecule has 29 heavy (non-hydrogen) atoms. The first kappa shape index (κ1) is 20.1. The largest absolute Gasteiger partial charge is 0.507 e. The molecule has 0 atom stereocenters. The normalized spacial score (nSPS) is 14.6. The second kappa shape index (κ2) is 9.01. The number of ether oxygens (including phenoxy) is 1. The summed E-state index contributed by atoms with van der Waals surface area (Å²) in [5.41, 5.74) is 0.907. The molecule has 1 aliphatic rings. The number of non-ortho nitro benzene ring substituents is 1. The maximum absolute atomic E-state index is 12.1. The highest BCUT2D eigenvalue weighted by atomic mass is 16.7. The molecule has 0 saturated carbocycles. The lowest BCUT2D eigenvalue weighted by Crippen LogP contribution is -2.07. The minimum atomic E-state index is -0.703. The van der Waals surface area contributed by atoms with Crippen LogP contribution >= 0.6 is 0 Å². The van der Waals surface area contributed by atoms with E-state index in [2.05, 4.69) is 12.1 Å². The van der Waals surface area contributed by atoms with E-state index in [-0.39, 0.29) is 28.3 Å². The summed E-state index contributed by atoms with van der Waals surface area (Å²) in [6.45, 7) is 2.76. The molecule has 2 aromatic carbocycles. The van der Waals surface area contributed by atoms with Gasteiger partial charge in [0.1, 0.15) is 17.2 Å². The highest BCUT2D eigenvalue weighted by Gasteiger charge is 2.27. The minimum Gasteiger partial charge on any atom is -0.507 e. The standard InChI is InChI=1S/C21H20N2O6/c1-2-3-4-11-28-17-8-5-14(6-9-17)20-18(21(25)29-22-20)13-15-12-16(23(26)27)7-10-19(15)24/h5-10,12-13,24H,2-4,11H2,1H3/b18-13-. The topological polar surface area (TPSA) is 111 Å². The van der Waals surface area contributed by atoms with Crippen LogP contribution in [0.4, 0.5) is 5.69 Å². The highest BCUT2D eigenvalue weighted by Crippen LogP contribution is 2.28. The Morgan fingerprint density at radius 1 is 1.21 bits per heavy atom. The Morgan fingerprint density at radius 3 is 2.66 bits per heavy atom. The Morgan fingerprint density at radius 2 is 1.97 bits per heavy atom. The van der Waals surface area contributed by atoms with E-state index < -0.39 is 10.9 Å². The predicted molar refractivity (Wildman–Crippen MR) is 107 cm³/mol. The van der Waals surface area contributed by atoms with Gasteiger partial charge >= 0.3 is 5.97 Å². The third-order valence-corrected chi connectivity index (χ3v) is 4.36. The molecule has 0 unspecified atom stereocenters. The summed E-state index contributed by atoms with van der Waals surface area (Å²) < 4.78 is 5.67. The van der Waals surface area contributed by atoms with Crippen molar-refractivity contribution in [1.82, 2.24) is 0 Å². The molecule has 0 bridgehead atoms. The van der Waals surface area contributed by atoms with Gasteiger partial charge in [-0.2, -0.15) is 0 Å². The van der Waals surface area contributed by atoms with Crippen LogP contribution in [0.2, 0.25) is 0 Å². The number of hydrogen-bond donors (Lipinski definition) is 1. The van der Waals surface area contributed by atoms with E-state index >= 15 is 0 Å². The van der Waals surface area contributed by atoms with Crippen molar-refractivity contribution >= 4 is 23.4 Å². The van der Waals surface area contributed by atoms with E-state index in [0.29, 0.717) is 17.9 Å². The van der Waals surface area contributed by atoms with Crippen LogP contribution in [0.3, 0.4) is 0 Å². The molecule has 150 valence electrons. The molecule has 8 heteroatoms. The van der Waals surface area contributed by atoms with Crippen LogP contribution in [0.25, 0.3) is 6.08 Å². The summed E-state index contributed by atoms with van der Waals surface area (Å²) in [4.78, 5) is 27.3. The Balaban J connectivity index is 1.83. The molecule has 2 aromatic rings. The monoisotopic (exact) mass is 396 g/mol. The molecule has 0 radical (unpaired) electrons. The van der Waals surface area contributed by atoms with E-state index in [9.17, 15) is 20.0 Å². The lowest BCUT2D eigenvalue weighted by molar-refractivity contribution is -0.384. The van der Waals surface area contributed by atoms with Crippen molar-refractivity contribution in [3.63, 3.8) is 0 Å². The minimum absolute atomic E-state index is 0.0948. The van der Waals surface area contributed by atoms with Crippen molar-refractivity contribution in [2.45, 2.75) is 26.2 Å². The van der Waals surface area contributed by atoms with E-state index in [1.54, 1.807) is 24.3 Å². The van der Waals surface area contributed by atoms with Crippen LogP contribution in [-0.2, 0) is 9.63 Å². The maximum Gasteiger partial charge on any atom is 0.368 e. The summed E-state index contributed by atoms with van der Waals surface area (Å²) in [6, 6.07) is 10.6.